The van der Waals surface area contributed by atoms with Crippen molar-refractivity contribution in [2.75, 3.05) is 44.5 Å². The molecule has 3 heterocycles. The third kappa shape index (κ3) is 11.4. The van der Waals surface area contributed by atoms with Crippen LogP contribution in [0.5, 0.6) is 11.5 Å². The van der Waals surface area contributed by atoms with Crippen molar-refractivity contribution < 1.29 is 45.2 Å². The van der Waals surface area contributed by atoms with Gasteiger partial charge in [-0.2, -0.15) is 0 Å². The Morgan fingerprint density at radius 2 is 1.76 bits per heavy atom. The van der Waals surface area contributed by atoms with Crippen molar-refractivity contribution in [2.24, 2.45) is 46.7 Å². The highest BCUT2D eigenvalue weighted by Gasteiger charge is 2.48. The van der Waals surface area contributed by atoms with E-state index >= 15 is 0 Å². The summed E-state index contributed by atoms with van der Waals surface area (Å²) in [6.45, 7) is 2.40. The molecule has 0 radical (unpaired) electrons. The summed E-state index contributed by atoms with van der Waals surface area (Å²) in [7, 11) is 3.24. The van der Waals surface area contributed by atoms with E-state index in [1.165, 1.54) is 11.1 Å². The topological polar surface area (TPSA) is 214 Å². The van der Waals surface area contributed by atoms with Crippen LogP contribution in [0.1, 0.15) is 98.9 Å². The van der Waals surface area contributed by atoms with Crippen LogP contribution < -0.4 is 15.8 Å². The van der Waals surface area contributed by atoms with Crippen molar-refractivity contribution in [2.45, 2.75) is 120 Å². The van der Waals surface area contributed by atoms with Crippen LogP contribution in [-0.2, 0) is 17.6 Å². The summed E-state index contributed by atoms with van der Waals surface area (Å²) < 4.78 is 13.4. The van der Waals surface area contributed by atoms with Crippen LogP contribution in [0.4, 0.5) is 0 Å². The number of H-pyrrole nitrogens is 1. The second kappa shape index (κ2) is 23.5. The first-order valence-electron chi connectivity index (χ1n) is 26.1. The number of ether oxygens (including phenoxy) is 2. The molecule has 9 rings (SSSR count). The lowest BCUT2D eigenvalue weighted by Gasteiger charge is -2.45. The first-order chi connectivity index (χ1) is 34.5. The molecule has 71 heavy (non-hydrogen) atoms. The first-order valence-corrected chi connectivity index (χ1v) is 28.6. The van der Waals surface area contributed by atoms with Crippen LogP contribution in [0.15, 0.2) is 95.5 Å². The number of aromatic amines is 1. The summed E-state index contributed by atoms with van der Waals surface area (Å²) in [6.07, 6.45) is 9.01. The van der Waals surface area contributed by atoms with Crippen molar-refractivity contribution >= 4 is 21.6 Å². The van der Waals surface area contributed by atoms with E-state index in [0.717, 1.165) is 47.2 Å². The third-order valence-corrected chi connectivity index (χ3v) is 19.3. The highest BCUT2D eigenvalue weighted by Crippen LogP contribution is 2.54. The van der Waals surface area contributed by atoms with Gasteiger partial charge in [0.2, 0.25) is 0 Å². The number of aromatic nitrogens is 1. The molecular formula is C57H75N3O9S2. The van der Waals surface area contributed by atoms with Crippen LogP contribution in [0, 0.1) is 52.8 Å². The molecule has 11 N–H and O–H groups in total. The van der Waals surface area contributed by atoms with Gasteiger partial charge in [0.15, 0.2) is 11.5 Å². The fourth-order valence-electron chi connectivity index (χ4n) is 13.2. The van der Waals surface area contributed by atoms with Crippen molar-refractivity contribution in [1.82, 2.24) is 10.3 Å². The van der Waals surface area contributed by atoms with E-state index in [9.17, 15) is 35.7 Å². The predicted octanol–water partition coefficient (Wildman–Crippen LogP) is 6.86. The average molecular weight is 1010 g/mol. The highest BCUT2D eigenvalue weighted by atomic mass is 33.1. The lowest BCUT2D eigenvalue weighted by Crippen LogP contribution is -2.43. The summed E-state index contributed by atoms with van der Waals surface area (Å²) in [5.74, 6) is 7.96. The number of allylic oxidation sites excluding steroid dienone is 3. The number of aliphatic hydroxyl groups is 6. The molecule has 12 nitrogen and oxygen atoms in total. The molecule has 2 aromatic carbocycles. The van der Waals surface area contributed by atoms with E-state index in [1.807, 2.05) is 24.4 Å². The molecule has 1 saturated carbocycles. The number of nitrogens with two attached hydrogens (primary N) is 1. The molecule has 6 aliphatic rings. The molecule has 2 aliphatic heterocycles. The molecule has 0 bridgehead atoms. The Bertz CT molecular complexity index is 2420. The summed E-state index contributed by atoms with van der Waals surface area (Å²) in [4.78, 5) is 3.37. The van der Waals surface area contributed by atoms with Gasteiger partial charge in [-0.3, -0.25) is 0 Å². The third-order valence-electron chi connectivity index (χ3n) is 16.9. The number of phenols is 1. The van der Waals surface area contributed by atoms with Gasteiger partial charge >= 0.3 is 0 Å². The average Bonchev–Trinajstić information content (AvgIpc) is 3.84. The molecule has 1 aromatic heterocycles. The highest BCUT2D eigenvalue weighted by molar-refractivity contribution is 8.76. The summed E-state index contributed by atoms with van der Waals surface area (Å²) >= 11 is 0. The molecule has 1 spiro atoms. The minimum Gasteiger partial charge on any atom is -0.504 e. The molecule has 4 aliphatic carbocycles. The Morgan fingerprint density at radius 1 is 0.915 bits per heavy atom. The zero-order valence-corrected chi connectivity index (χ0v) is 42.6. The van der Waals surface area contributed by atoms with Gasteiger partial charge in [0.05, 0.1) is 37.6 Å². The van der Waals surface area contributed by atoms with E-state index in [0.29, 0.717) is 75.2 Å². The van der Waals surface area contributed by atoms with Gasteiger partial charge in [-0.25, -0.2) is 0 Å². The van der Waals surface area contributed by atoms with Gasteiger partial charge in [-0.15, -0.1) is 0 Å². The number of nitrogens with one attached hydrogen (secondary N) is 2. The maximum atomic E-state index is 12.8. The molecule has 14 heteroatoms. The Kier molecular flexibility index (Phi) is 17.2. The summed E-state index contributed by atoms with van der Waals surface area (Å²) in [5, 5.41) is 83.8. The second-order valence-corrected chi connectivity index (χ2v) is 23.6. The molecular weight excluding hydrogens is 935 g/mol. The van der Waals surface area contributed by atoms with E-state index in [2.05, 4.69) is 71.5 Å². The molecule has 1 saturated heterocycles. The van der Waals surface area contributed by atoms with Crippen LogP contribution in [0.25, 0.3) is 0 Å². The minimum atomic E-state index is -1.07. The number of hydrogen-bond acceptors (Lipinski definition) is 13. The van der Waals surface area contributed by atoms with E-state index in [4.69, 9.17) is 15.2 Å². The monoisotopic (exact) mass is 1010 g/mol. The molecule has 14 unspecified atom stereocenters. The Balaban J connectivity index is 1.11. The number of aromatic hydroxyl groups is 1. The van der Waals surface area contributed by atoms with Crippen LogP contribution in [-0.4, -0.2) is 116 Å². The maximum absolute atomic E-state index is 12.8. The zero-order chi connectivity index (χ0) is 49.6. The standard InChI is InChI=1S/C57H75N3O9S2/c1-2-34-21-38-24-49(65)52(69-53-25-39(22-42-9-6-17-59-42)44-15-18-60-56(58)48(44)33-71-70-32-40(30-62)55(53)67)27-46(38)47-26-50(66)54-36(23-45(34)47)14-16-57(29-43(64)12-13-51(54)68-20-19-61)28-37(10-11-41(57)31-63)35-7-4-3-5-8-35/h3-9,15,17,23-24,27,34,36-37,39-41,43,47,50-51,53-55,59-67H,2,10-13,18-22,25-26,28-33,58H2,1H3. The number of hydrogen-bond donors (Lipinski definition) is 10. The predicted molar refractivity (Wildman–Crippen MR) is 280 cm³/mol. The van der Waals surface area contributed by atoms with Crippen LogP contribution in [0.2, 0.25) is 0 Å². The van der Waals surface area contributed by atoms with Crippen LogP contribution >= 0.6 is 21.6 Å². The van der Waals surface area contributed by atoms with Gasteiger partial charge in [0, 0.05) is 77.8 Å². The van der Waals surface area contributed by atoms with Crippen LogP contribution in [0.3, 0.4) is 0 Å². The second-order valence-electron chi connectivity index (χ2n) is 21.1. The molecule has 2 fully saturated rings. The lowest BCUT2D eigenvalue weighted by molar-refractivity contribution is -0.0668. The SMILES string of the molecule is CCC1Cc2cc(O)c(OC3CC(Cc4ccc[nH]4)C4=CCNC(N)=C4CSSCC(CO)C3O)cc2C2CC(O)C3C(C#CC4(CC(O)CCC3OCCO)CC(c3ccccc3)CCC4CO)C=C12. The Morgan fingerprint density at radius 3 is 2.52 bits per heavy atom. The van der Waals surface area contributed by atoms with Crippen molar-refractivity contribution in [3.8, 4) is 23.3 Å². The Hall–Kier alpha value is -3.88. The number of aliphatic hydroxyl groups excluding tert-OH is 6. The number of dihydropyridines is 1. The normalized spacial score (nSPS) is 34.5. The van der Waals surface area contributed by atoms with E-state index in [1.54, 1.807) is 27.7 Å². The summed E-state index contributed by atoms with van der Waals surface area (Å²) in [5.41, 5.74) is 13.5. The van der Waals surface area contributed by atoms with Gasteiger partial charge in [-0.05, 0) is 141 Å². The van der Waals surface area contributed by atoms with Gasteiger partial charge in [-0.1, -0.05) is 88.4 Å². The smallest absolute Gasteiger partial charge is 0.161 e. The largest absolute Gasteiger partial charge is 0.504 e. The number of phenolic OH excluding ortho intramolecular Hbond substituents is 1. The van der Waals surface area contributed by atoms with E-state index < -0.39 is 53.7 Å². The number of fused-ring (bicyclic) bond motifs is 5. The zero-order valence-electron chi connectivity index (χ0n) is 41.0. The first kappa shape index (κ1) is 52.0. The fraction of sp³-hybridized carbons (Fsp3) is 0.579. The quantitative estimate of drug-likeness (QED) is 0.0541. The number of rotatable bonds is 11. The molecule has 14 atom stereocenters. The summed E-state index contributed by atoms with van der Waals surface area (Å²) in [6, 6.07) is 18.2. The maximum Gasteiger partial charge on any atom is 0.161 e. The van der Waals surface area contributed by atoms with E-state index in [-0.39, 0.29) is 67.5 Å². The van der Waals surface area contributed by atoms with Gasteiger partial charge in [0.25, 0.3) is 0 Å². The molecule has 384 valence electrons. The van der Waals surface area contributed by atoms with Gasteiger partial charge in [0.1, 0.15) is 11.9 Å². The lowest BCUT2D eigenvalue weighted by atomic mass is 9.59. The number of benzene rings is 2. The van der Waals surface area contributed by atoms with Gasteiger partial charge < -0.3 is 61.3 Å². The van der Waals surface area contributed by atoms with Crippen molar-refractivity contribution in [1.29, 1.82) is 0 Å². The fourth-order valence-corrected chi connectivity index (χ4v) is 15.7. The van der Waals surface area contributed by atoms with Crippen molar-refractivity contribution in [3.05, 3.63) is 118 Å². The van der Waals surface area contributed by atoms with Crippen molar-refractivity contribution in [3.63, 3.8) is 0 Å². The minimum absolute atomic E-state index is 0.0248. The Labute approximate surface area is 427 Å². The molecule has 3 aromatic rings. The molecule has 0 amide bonds.